The monoisotopic (exact) mass is 185 g/mol. The fraction of sp³-hybridized carbons (Fsp3) is 0.667. The largest absolute Gasteiger partial charge is 0.384 e. The lowest BCUT2D eigenvalue weighted by molar-refractivity contribution is 0.202. The highest BCUT2D eigenvalue weighted by Crippen LogP contribution is 2.17. The topological polar surface area (TPSA) is 22.1 Å². The summed E-state index contributed by atoms with van der Waals surface area (Å²) < 4.78 is 4.98. The summed E-state index contributed by atoms with van der Waals surface area (Å²) in [5.74, 6) is 0.539. The molecule has 0 aliphatic carbocycles. The van der Waals surface area contributed by atoms with E-state index >= 15 is 0 Å². The van der Waals surface area contributed by atoms with Crippen LogP contribution >= 0.6 is 11.3 Å². The van der Waals surface area contributed by atoms with Crippen molar-refractivity contribution < 1.29 is 4.74 Å². The maximum Gasteiger partial charge on any atom is 0.0951 e. The summed E-state index contributed by atoms with van der Waals surface area (Å²) in [4.78, 5) is 4.49. The second-order valence-electron chi connectivity index (χ2n) is 3.06. The lowest BCUT2D eigenvalue weighted by Gasteiger charge is -1.97. The van der Waals surface area contributed by atoms with E-state index < -0.39 is 0 Å². The standard InChI is InChI=1S/C9H15NOS/c1-7(2)8-6-12-9(10-8)4-5-11-3/h6-7H,4-5H2,1-3H3. The van der Waals surface area contributed by atoms with Gasteiger partial charge in [0.1, 0.15) is 0 Å². The average molecular weight is 185 g/mol. The number of aromatic nitrogens is 1. The van der Waals surface area contributed by atoms with Crippen molar-refractivity contribution in [2.45, 2.75) is 26.2 Å². The molecule has 0 atom stereocenters. The molecule has 1 rings (SSSR count). The molecule has 12 heavy (non-hydrogen) atoms. The van der Waals surface area contributed by atoms with Crippen LogP contribution in [0.1, 0.15) is 30.5 Å². The summed E-state index contributed by atoms with van der Waals surface area (Å²) in [6.07, 6.45) is 0.938. The molecule has 0 aromatic carbocycles. The Morgan fingerprint density at radius 1 is 1.58 bits per heavy atom. The molecule has 68 valence electrons. The van der Waals surface area contributed by atoms with Crippen LogP contribution in [-0.4, -0.2) is 18.7 Å². The van der Waals surface area contributed by atoms with Gasteiger partial charge in [0.05, 0.1) is 17.3 Å². The lowest BCUT2D eigenvalue weighted by atomic mass is 10.2. The number of thiazole rings is 1. The van der Waals surface area contributed by atoms with Gasteiger partial charge in [0, 0.05) is 18.9 Å². The van der Waals surface area contributed by atoms with Gasteiger partial charge in [-0.3, -0.25) is 0 Å². The first-order chi connectivity index (χ1) is 5.74. The average Bonchev–Trinajstić information content (AvgIpc) is 2.48. The number of rotatable bonds is 4. The maximum absolute atomic E-state index is 4.98. The third-order valence-corrected chi connectivity index (χ3v) is 2.61. The Balaban J connectivity index is 2.52. The number of hydrogen-bond donors (Lipinski definition) is 0. The number of ether oxygens (including phenoxy) is 1. The van der Waals surface area contributed by atoms with Crippen LogP contribution in [0.4, 0.5) is 0 Å². The maximum atomic E-state index is 4.98. The Morgan fingerprint density at radius 3 is 2.83 bits per heavy atom. The van der Waals surface area contributed by atoms with Gasteiger partial charge in [-0.05, 0) is 5.92 Å². The molecule has 2 nitrogen and oxygen atoms in total. The lowest BCUT2D eigenvalue weighted by Crippen LogP contribution is -1.94. The van der Waals surface area contributed by atoms with Crippen molar-refractivity contribution in [1.82, 2.24) is 4.98 Å². The van der Waals surface area contributed by atoms with Crippen molar-refractivity contribution in [3.8, 4) is 0 Å². The molecular formula is C9H15NOS. The number of nitrogens with zero attached hydrogens (tertiary/aromatic N) is 1. The molecule has 0 N–H and O–H groups in total. The predicted molar refractivity (Wildman–Crippen MR) is 51.8 cm³/mol. The molecule has 1 heterocycles. The first-order valence-electron chi connectivity index (χ1n) is 4.17. The zero-order chi connectivity index (χ0) is 8.97. The highest BCUT2D eigenvalue weighted by molar-refractivity contribution is 7.09. The van der Waals surface area contributed by atoms with Crippen molar-refractivity contribution in [3.05, 3.63) is 16.1 Å². The van der Waals surface area contributed by atoms with Gasteiger partial charge in [0.15, 0.2) is 0 Å². The van der Waals surface area contributed by atoms with Gasteiger partial charge in [-0.25, -0.2) is 4.98 Å². The molecule has 0 bridgehead atoms. The van der Waals surface area contributed by atoms with Crippen LogP contribution in [0.15, 0.2) is 5.38 Å². The van der Waals surface area contributed by atoms with E-state index in [1.807, 2.05) is 0 Å². The van der Waals surface area contributed by atoms with Gasteiger partial charge in [-0.2, -0.15) is 0 Å². The quantitative estimate of drug-likeness (QED) is 0.719. The molecule has 0 fully saturated rings. The van der Waals surface area contributed by atoms with E-state index in [1.54, 1.807) is 18.4 Å². The second kappa shape index (κ2) is 4.58. The third kappa shape index (κ3) is 2.57. The van der Waals surface area contributed by atoms with E-state index in [-0.39, 0.29) is 0 Å². The fourth-order valence-electron chi connectivity index (χ4n) is 0.894. The molecule has 0 aliphatic heterocycles. The molecule has 0 unspecified atom stereocenters. The summed E-state index contributed by atoms with van der Waals surface area (Å²) in [6.45, 7) is 5.09. The van der Waals surface area contributed by atoms with Gasteiger partial charge < -0.3 is 4.74 Å². The van der Waals surface area contributed by atoms with E-state index in [0.29, 0.717) is 5.92 Å². The zero-order valence-electron chi connectivity index (χ0n) is 7.83. The van der Waals surface area contributed by atoms with Crippen LogP contribution in [-0.2, 0) is 11.2 Å². The molecule has 0 amide bonds. The third-order valence-electron chi connectivity index (χ3n) is 1.68. The Labute approximate surface area is 77.6 Å². The Hall–Kier alpha value is -0.410. The predicted octanol–water partition coefficient (Wildman–Crippen LogP) is 2.46. The van der Waals surface area contributed by atoms with E-state index in [9.17, 15) is 0 Å². The van der Waals surface area contributed by atoms with Gasteiger partial charge in [0.2, 0.25) is 0 Å². The summed E-state index contributed by atoms with van der Waals surface area (Å²) in [5, 5.41) is 3.32. The SMILES string of the molecule is COCCc1nc(C(C)C)cs1. The van der Waals surface area contributed by atoms with Crippen molar-refractivity contribution in [1.29, 1.82) is 0 Å². The van der Waals surface area contributed by atoms with Gasteiger partial charge in [0.25, 0.3) is 0 Å². The van der Waals surface area contributed by atoms with E-state index in [0.717, 1.165) is 13.0 Å². The molecule has 0 spiro atoms. The van der Waals surface area contributed by atoms with Crippen LogP contribution < -0.4 is 0 Å². The van der Waals surface area contributed by atoms with Gasteiger partial charge in [-0.1, -0.05) is 13.8 Å². The number of methoxy groups -OCH3 is 1. The van der Waals surface area contributed by atoms with Gasteiger partial charge >= 0.3 is 0 Å². The second-order valence-corrected chi connectivity index (χ2v) is 4.01. The molecule has 0 saturated carbocycles. The van der Waals surface area contributed by atoms with Crippen molar-refractivity contribution in [2.24, 2.45) is 0 Å². The molecule has 3 heteroatoms. The summed E-state index contributed by atoms with van der Waals surface area (Å²) in [6, 6.07) is 0. The van der Waals surface area contributed by atoms with Crippen molar-refractivity contribution >= 4 is 11.3 Å². The van der Waals surface area contributed by atoms with Crippen LogP contribution in [0.3, 0.4) is 0 Å². The summed E-state index contributed by atoms with van der Waals surface area (Å²) >= 11 is 1.73. The minimum atomic E-state index is 0.539. The minimum Gasteiger partial charge on any atom is -0.384 e. The normalized spacial score (nSPS) is 11.0. The van der Waals surface area contributed by atoms with E-state index in [1.165, 1.54) is 10.7 Å². The molecule has 1 aromatic rings. The first kappa shape index (κ1) is 9.68. The highest BCUT2D eigenvalue weighted by atomic mass is 32.1. The fourth-order valence-corrected chi connectivity index (χ4v) is 1.84. The Kier molecular flexibility index (Phi) is 3.69. The summed E-state index contributed by atoms with van der Waals surface area (Å²) in [5.41, 5.74) is 1.20. The van der Waals surface area contributed by atoms with Crippen LogP contribution in [0.2, 0.25) is 0 Å². The molecular weight excluding hydrogens is 170 g/mol. The van der Waals surface area contributed by atoms with Crippen molar-refractivity contribution in [2.75, 3.05) is 13.7 Å². The van der Waals surface area contributed by atoms with Crippen molar-refractivity contribution in [3.63, 3.8) is 0 Å². The molecule has 1 aromatic heterocycles. The van der Waals surface area contributed by atoms with E-state index in [2.05, 4.69) is 24.2 Å². The number of hydrogen-bond acceptors (Lipinski definition) is 3. The minimum absolute atomic E-state index is 0.539. The Bertz CT molecular complexity index is 232. The zero-order valence-corrected chi connectivity index (χ0v) is 8.65. The first-order valence-corrected chi connectivity index (χ1v) is 5.05. The van der Waals surface area contributed by atoms with Crippen LogP contribution in [0, 0.1) is 0 Å². The Morgan fingerprint density at radius 2 is 2.33 bits per heavy atom. The summed E-state index contributed by atoms with van der Waals surface area (Å²) in [7, 11) is 1.72. The highest BCUT2D eigenvalue weighted by Gasteiger charge is 2.04. The molecule has 0 aliphatic rings. The van der Waals surface area contributed by atoms with Crippen LogP contribution in [0.5, 0.6) is 0 Å². The van der Waals surface area contributed by atoms with Crippen LogP contribution in [0.25, 0.3) is 0 Å². The molecule has 0 radical (unpaired) electrons. The van der Waals surface area contributed by atoms with E-state index in [4.69, 9.17) is 4.74 Å². The molecule has 0 saturated heterocycles. The smallest absolute Gasteiger partial charge is 0.0951 e. The van der Waals surface area contributed by atoms with Gasteiger partial charge in [-0.15, -0.1) is 11.3 Å².